The Kier molecular flexibility index (Phi) is 4.78. The van der Waals surface area contributed by atoms with Crippen molar-refractivity contribution in [2.24, 2.45) is 5.92 Å². The molecule has 0 fully saturated rings. The third-order valence-corrected chi connectivity index (χ3v) is 1.84. The van der Waals surface area contributed by atoms with Crippen LogP contribution in [-0.2, 0) is 0 Å². The summed E-state index contributed by atoms with van der Waals surface area (Å²) in [5.74, 6) is 0.477. The van der Waals surface area contributed by atoms with Crippen LogP contribution in [0, 0.1) is 5.92 Å². The van der Waals surface area contributed by atoms with Crippen LogP contribution in [0.5, 0.6) is 0 Å². The highest BCUT2D eigenvalue weighted by molar-refractivity contribution is 4.57. The van der Waals surface area contributed by atoms with E-state index in [4.69, 9.17) is 5.11 Å². The average Bonchev–Trinajstić information content (AvgIpc) is 1.82. The monoisotopic (exact) mass is 130 g/mol. The first-order chi connectivity index (χ1) is 4.18. The molecule has 1 nitrogen and oxygen atoms in total. The van der Waals surface area contributed by atoms with E-state index >= 15 is 0 Å². The molecule has 0 aliphatic heterocycles. The van der Waals surface area contributed by atoms with E-state index in [0.29, 0.717) is 5.92 Å². The molecule has 0 aliphatic carbocycles. The van der Waals surface area contributed by atoms with Gasteiger partial charge >= 0.3 is 0 Å². The van der Waals surface area contributed by atoms with E-state index in [-0.39, 0.29) is 6.10 Å². The molecule has 0 rings (SSSR count). The Morgan fingerprint density at radius 3 is 2.22 bits per heavy atom. The van der Waals surface area contributed by atoms with Gasteiger partial charge in [-0.25, -0.2) is 0 Å². The summed E-state index contributed by atoms with van der Waals surface area (Å²) in [6, 6.07) is 0. The van der Waals surface area contributed by atoms with Crippen LogP contribution in [0.3, 0.4) is 0 Å². The molecule has 56 valence electrons. The molecule has 0 aliphatic rings. The van der Waals surface area contributed by atoms with Crippen molar-refractivity contribution in [2.75, 3.05) is 0 Å². The van der Waals surface area contributed by atoms with Crippen molar-refractivity contribution in [2.45, 2.75) is 46.1 Å². The zero-order chi connectivity index (χ0) is 7.28. The highest BCUT2D eigenvalue weighted by atomic mass is 16.3. The lowest BCUT2D eigenvalue weighted by atomic mass is 10.00. The van der Waals surface area contributed by atoms with E-state index in [1.54, 1.807) is 0 Å². The molecule has 0 saturated carbocycles. The second kappa shape index (κ2) is 4.80. The molecule has 0 unspecified atom stereocenters. The fraction of sp³-hybridized carbons (Fsp3) is 1.00. The first-order valence-corrected chi connectivity index (χ1v) is 3.86. The van der Waals surface area contributed by atoms with E-state index in [2.05, 4.69) is 13.8 Å². The van der Waals surface area contributed by atoms with Gasteiger partial charge in [0.25, 0.3) is 0 Å². The van der Waals surface area contributed by atoms with E-state index in [1.165, 1.54) is 12.8 Å². The molecule has 0 aromatic carbocycles. The van der Waals surface area contributed by atoms with Gasteiger partial charge in [-0.05, 0) is 19.3 Å². The smallest absolute Gasteiger partial charge is 0.0537 e. The van der Waals surface area contributed by atoms with Crippen LogP contribution in [0.4, 0.5) is 0 Å². The number of hydrogen-bond donors (Lipinski definition) is 1. The van der Waals surface area contributed by atoms with Crippen LogP contribution in [0.2, 0.25) is 0 Å². The molecule has 0 bridgehead atoms. The van der Waals surface area contributed by atoms with Crippen LogP contribution in [0.1, 0.15) is 40.0 Å². The molecule has 0 heterocycles. The Morgan fingerprint density at radius 1 is 1.33 bits per heavy atom. The molecule has 0 spiro atoms. The molecular weight excluding hydrogens is 112 g/mol. The number of hydrogen-bond acceptors (Lipinski definition) is 1. The predicted molar refractivity (Wildman–Crippen MR) is 40.4 cm³/mol. The van der Waals surface area contributed by atoms with Gasteiger partial charge < -0.3 is 5.11 Å². The third kappa shape index (κ3) is 4.46. The minimum Gasteiger partial charge on any atom is -0.393 e. The second-order valence-corrected chi connectivity index (χ2v) is 2.86. The summed E-state index contributed by atoms with van der Waals surface area (Å²) < 4.78 is 0. The molecule has 9 heavy (non-hydrogen) atoms. The molecular formula is C8H18O. The highest BCUT2D eigenvalue weighted by Gasteiger charge is 2.06. The highest BCUT2D eigenvalue weighted by Crippen LogP contribution is 2.10. The zero-order valence-electron chi connectivity index (χ0n) is 6.72. The van der Waals surface area contributed by atoms with Gasteiger partial charge in [-0.1, -0.05) is 26.7 Å². The fourth-order valence-electron chi connectivity index (χ4n) is 0.767. The van der Waals surface area contributed by atoms with E-state index in [0.717, 1.165) is 6.42 Å². The molecule has 0 aromatic rings. The SMILES string of the molecule is CCCC[C@@H](C)[C@H](C)O. The van der Waals surface area contributed by atoms with Gasteiger partial charge in [-0.15, -0.1) is 0 Å². The minimum atomic E-state index is -0.128. The topological polar surface area (TPSA) is 20.2 Å². The summed E-state index contributed by atoms with van der Waals surface area (Å²) in [6.07, 6.45) is 3.51. The van der Waals surface area contributed by atoms with Crippen molar-refractivity contribution in [1.82, 2.24) is 0 Å². The number of unbranched alkanes of at least 4 members (excludes halogenated alkanes) is 1. The van der Waals surface area contributed by atoms with Crippen LogP contribution >= 0.6 is 0 Å². The first-order valence-electron chi connectivity index (χ1n) is 3.86. The molecule has 0 aromatic heterocycles. The van der Waals surface area contributed by atoms with Crippen molar-refractivity contribution in [3.05, 3.63) is 0 Å². The summed E-state index contributed by atoms with van der Waals surface area (Å²) >= 11 is 0. The summed E-state index contributed by atoms with van der Waals surface area (Å²) in [7, 11) is 0. The third-order valence-electron chi connectivity index (χ3n) is 1.84. The summed E-state index contributed by atoms with van der Waals surface area (Å²) in [4.78, 5) is 0. The van der Waals surface area contributed by atoms with E-state index in [1.807, 2.05) is 6.92 Å². The largest absolute Gasteiger partial charge is 0.393 e. The van der Waals surface area contributed by atoms with Crippen LogP contribution in [0.25, 0.3) is 0 Å². The lowest BCUT2D eigenvalue weighted by Gasteiger charge is -2.12. The van der Waals surface area contributed by atoms with Gasteiger partial charge in [0.15, 0.2) is 0 Å². The van der Waals surface area contributed by atoms with Crippen molar-refractivity contribution in [3.63, 3.8) is 0 Å². The van der Waals surface area contributed by atoms with E-state index in [9.17, 15) is 0 Å². The van der Waals surface area contributed by atoms with Crippen LogP contribution in [-0.4, -0.2) is 11.2 Å². The molecule has 2 atom stereocenters. The molecule has 1 heteroatoms. The lowest BCUT2D eigenvalue weighted by molar-refractivity contribution is 0.128. The van der Waals surface area contributed by atoms with Crippen molar-refractivity contribution >= 4 is 0 Å². The van der Waals surface area contributed by atoms with Gasteiger partial charge in [0, 0.05) is 0 Å². The molecule has 0 radical (unpaired) electrons. The minimum absolute atomic E-state index is 0.128. The van der Waals surface area contributed by atoms with Gasteiger partial charge in [0.05, 0.1) is 6.10 Å². The average molecular weight is 130 g/mol. The summed E-state index contributed by atoms with van der Waals surface area (Å²) in [6.45, 7) is 6.13. The molecule has 0 amide bonds. The Bertz CT molecular complexity index is 59.6. The van der Waals surface area contributed by atoms with Crippen molar-refractivity contribution in [1.29, 1.82) is 0 Å². The van der Waals surface area contributed by atoms with Crippen LogP contribution < -0.4 is 0 Å². The molecule has 0 saturated heterocycles. The first kappa shape index (κ1) is 8.96. The maximum absolute atomic E-state index is 9.05. The Hall–Kier alpha value is -0.0400. The second-order valence-electron chi connectivity index (χ2n) is 2.86. The summed E-state index contributed by atoms with van der Waals surface area (Å²) in [5.41, 5.74) is 0. The molecule has 1 N–H and O–H groups in total. The van der Waals surface area contributed by atoms with Crippen molar-refractivity contribution < 1.29 is 5.11 Å². The van der Waals surface area contributed by atoms with Gasteiger partial charge in [-0.2, -0.15) is 0 Å². The van der Waals surface area contributed by atoms with Crippen molar-refractivity contribution in [3.8, 4) is 0 Å². The van der Waals surface area contributed by atoms with Gasteiger partial charge in [-0.3, -0.25) is 0 Å². The number of rotatable bonds is 4. The van der Waals surface area contributed by atoms with Gasteiger partial charge in [0.2, 0.25) is 0 Å². The predicted octanol–water partition coefficient (Wildman–Crippen LogP) is 2.19. The Morgan fingerprint density at radius 2 is 1.89 bits per heavy atom. The number of aliphatic hydroxyl groups is 1. The maximum atomic E-state index is 9.05. The lowest BCUT2D eigenvalue weighted by Crippen LogP contribution is -2.12. The summed E-state index contributed by atoms with van der Waals surface area (Å²) in [5, 5.41) is 9.05. The normalized spacial score (nSPS) is 17.3. The van der Waals surface area contributed by atoms with E-state index < -0.39 is 0 Å². The zero-order valence-corrected chi connectivity index (χ0v) is 6.72. The maximum Gasteiger partial charge on any atom is 0.0537 e. The quantitative estimate of drug-likeness (QED) is 0.618. The van der Waals surface area contributed by atoms with Crippen LogP contribution in [0.15, 0.2) is 0 Å². The Labute approximate surface area is 58.1 Å². The number of aliphatic hydroxyl groups excluding tert-OH is 1. The standard InChI is InChI=1S/C8H18O/c1-4-5-6-7(2)8(3)9/h7-9H,4-6H2,1-3H3/t7-,8+/m1/s1. The Balaban J connectivity index is 3.16. The van der Waals surface area contributed by atoms with Gasteiger partial charge in [0.1, 0.15) is 0 Å². The fourth-order valence-corrected chi connectivity index (χ4v) is 0.767.